The Morgan fingerprint density at radius 2 is 1.10 bits per heavy atom. The summed E-state index contributed by atoms with van der Waals surface area (Å²) in [5, 5.41) is 7.14. The molecule has 206 valence electrons. The van der Waals surface area contributed by atoms with Crippen molar-refractivity contribution in [3.8, 4) is 0 Å². The van der Waals surface area contributed by atoms with Crippen LogP contribution in [0, 0.1) is 6.92 Å². The summed E-state index contributed by atoms with van der Waals surface area (Å²) < 4.78 is 0.510. The Labute approximate surface area is 262 Å². The fourth-order valence-corrected chi connectivity index (χ4v) is 10.6. The minimum absolute atomic E-state index is 0. The molecule has 7 heteroatoms. The number of thioether (sulfide) groups is 1. The first-order valence-electron chi connectivity index (χ1n) is 12.8. The van der Waals surface area contributed by atoms with Gasteiger partial charge >= 0.3 is 0 Å². The number of hydrogen-bond acceptors (Lipinski definition) is 2. The molecule has 0 spiro atoms. The van der Waals surface area contributed by atoms with E-state index in [1.807, 2.05) is 54.6 Å². The van der Waals surface area contributed by atoms with E-state index in [2.05, 4.69) is 72.9 Å². The maximum Gasteiger partial charge on any atom is 0.258 e. The second-order valence-electron chi connectivity index (χ2n) is 9.18. The number of rotatable bonds is 8. The van der Waals surface area contributed by atoms with Gasteiger partial charge in [0.15, 0.2) is 7.26 Å². The zero-order valence-electron chi connectivity index (χ0n) is 22.2. The van der Waals surface area contributed by atoms with E-state index in [-0.39, 0.29) is 18.3 Å². The van der Waals surface area contributed by atoms with Crippen molar-refractivity contribution in [2.45, 2.75) is 11.8 Å². The van der Waals surface area contributed by atoms with Gasteiger partial charge in [0.1, 0.15) is 20.3 Å². The van der Waals surface area contributed by atoms with Crippen molar-refractivity contribution in [2.24, 2.45) is 0 Å². The maximum atomic E-state index is 13.9. The molecular weight excluding hydrogens is 608 g/mol. The van der Waals surface area contributed by atoms with Crippen LogP contribution < -0.4 is 33.6 Å². The highest BCUT2D eigenvalue weighted by molar-refractivity contribution is 8.06. The van der Waals surface area contributed by atoms with E-state index in [9.17, 15) is 4.79 Å². The summed E-state index contributed by atoms with van der Waals surface area (Å²) in [5.74, 6) is -0.249. The third-order valence-electron chi connectivity index (χ3n) is 6.52. The molecule has 0 radical (unpaired) electrons. The molecule has 0 fully saturated rings. The number of hydrogen-bond donors (Lipinski definition) is 1. The molecule has 0 aliphatic rings. The third-order valence-corrected chi connectivity index (χ3v) is 12.6. The Kier molecular flexibility index (Phi) is 10.7. The number of carbonyl (C=O) groups is 1. The molecule has 0 unspecified atom stereocenters. The molecule has 5 aromatic rings. The quantitative estimate of drug-likeness (QED) is 0.180. The van der Waals surface area contributed by atoms with Crippen molar-refractivity contribution in [1.29, 1.82) is 0 Å². The molecule has 0 atom stereocenters. The highest BCUT2D eigenvalue weighted by Crippen LogP contribution is 2.64. The Bertz CT molecular complexity index is 1520. The molecule has 41 heavy (non-hydrogen) atoms. The van der Waals surface area contributed by atoms with E-state index in [1.165, 1.54) is 17.3 Å². The van der Waals surface area contributed by atoms with Crippen LogP contribution in [-0.2, 0) is 0 Å². The molecule has 0 bridgehead atoms. The lowest BCUT2D eigenvalue weighted by Gasteiger charge is -2.30. The van der Waals surface area contributed by atoms with Crippen molar-refractivity contribution >= 4 is 64.0 Å². The van der Waals surface area contributed by atoms with E-state index in [0.717, 1.165) is 20.8 Å². The van der Waals surface area contributed by atoms with E-state index >= 15 is 0 Å². The van der Waals surface area contributed by atoms with Crippen LogP contribution in [0.1, 0.15) is 15.9 Å². The van der Waals surface area contributed by atoms with Gasteiger partial charge in [0.25, 0.3) is 5.91 Å². The number of halogens is 3. The van der Waals surface area contributed by atoms with E-state index in [4.69, 9.17) is 23.2 Å². The molecule has 0 aliphatic heterocycles. The van der Waals surface area contributed by atoms with E-state index in [0.29, 0.717) is 20.4 Å². The van der Waals surface area contributed by atoms with Gasteiger partial charge in [-0.05, 0) is 79.7 Å². The molecule has 2 nitrogen and oxygen atoms in total. The first kappa shape index (κ1) is 30.9. The number of benzene rings is 5. The van der Waals surface area contributed by atoms with Crippen molar-refractivity contribution in [3.05, 3.63) is 165 Å². The van der Waals surface area contributed by atoms with Gasteiger partial charge in [-0.3, -0.25) is 10.1 Å². The van der Waals surface area contributed by atoms with Crippen LogP contribution in [0.4, 0.5) is 0 Å². The summed E-state index contributed by atoms with van der Waals surface area (Å²) in [6.45, 7) is 2.06. The van der Waals surface area contributed by atoms with Crippen molar-refractivity contribution in [1.82, 2.24) is 5.32 Å². The van der Waals surface area contributed by atoms with Crippen LogP contribution in [0.15, 0.2) is 154 Å². The number of amides is 1. The summed E-state index contributed by atoms with van der Waals surface area (Å²) >= 11 is 14.9. The molecular formula is C34H27Cl3NOPS. The normalized spacial score (nSPS) is 11.7. The highest BCUT2D eigenvalue weighted by Gasteiger charge is 2.52. The van der Waals surface area contributed by atoms with Gasteiger partial charge in [-0.15, -0.1) is 0 Å². The van der Waals surface area contributed by atoms with E-state index < -0.39 is 7.26 Å². The molecule has 1 N–H and O–H groups in total. The minimum atomic E-state index is -2.68. The molecule has 1 amide bonds. The summed E-state index contributed by atoms with van der Waals surface area (Å²) in [4.78, 5) is 14.9. The molecule has 0 saturated heterocycles. The fourth-order valence-electron chi connectivity index (χ4n) is 4.59. The Morgan fingerprint density at radius 3 is 1.54 bits per heavy atom. The second-order valence-corrected chi connectivity index (χ2v) is 14.6. The van der Waals surface area contributed by atoms with Gasteiger partial charge in [0, 0.05) is 15.5 Å². The maximum absolute atomic E-state index is 13.9. The second kappa shape index (κ2) is 14.2. The van der Waals surface area contributed by atoms with Gasteiger partial charge in [-0.2, -0.15) is 0 Å². The Hall–Kier alpha value is -3.04. The number of aryl methyl sites for hydroxylation is 1. The van der Waals surface area contributed by atoms with Gasteiger partial charge < -0.3 is 12.4 Å². The Morgan fingerprint density at radius 1 is 0.659 bits per heavy atom. The monoisotopic (exact) mass is 633 g/mol. The first-order valence-corrected chi connectivity index (χ1v) is 16.1. The Balaban J connectivity index is 0.00000387. The van der Waals surface area contributed by atoms with Crippen molar-refractivity contribution in [2.75, 3.05) is 0 Å². The van der Waals surface area contributed by atoms with Crippen LogP contribution in [0.3, 0.4) is 0 Å². The predicted octanol–water partition coefficient (Wildman–Crippen LogP) is 5.53. The standard InChI is InChI=1S/C34H26Cl2NOPS.ClH/c1-25-17-23-31(24-18-25)40-32(36)34(37-33(38)26-19-21-27(35)22-20-26)39(28-11-5-2-6-12-28,29-13-7-3-8-14-29)30-15-9-4-10-16-30;/h2-24H,1H3;1H/b34-32+;. The van der Waals surface area contributed by atoms with Gasteiger partial charge in [0.05, 0.1) is 0 Å². The lowest BCUT2D eigenvalue weighted by Crippen LogP contribution is -3.00. The van der Waals surface area contributed by atoms with E-state index in [1.54, 1.807) is 24.3 Å². The summed E-state index contributed by atoms with van der Waals surface area (Å²) in [7, 11) is -2.68. The highest BCUT2D eigenvalue weighted by atomic mass is 35.5. The largest absolute Gasteiger partial charge is 1.00 e. The smallest absolute Gasteiger partial charge is 0.258 e. The average Bonchev–Trinajstić information content (AvgIpc) is 3.00. The van der Waals surface area contributed by atoms with Gasteiger partial charge in [-0.1, -0.05) is 107 Å². The summed E-state index contributed by atoms with van der Waals surface area (Å²) in [6, 6.07) is 46.1. The zero-order valence-corrected chi connectivity index (χ0v) is 26.2. The lowest BCUT2D eigenvalue weighted by atomic mass is 10.2. The summed E-state index contributed by atoms with van der Waals surface area (Å²) in [6.07, 6.45) is 0. The average molecular weight is 635 g/mol. The van der Waals surface area contributed by atoms with Crippen LogP contribution >= 0.6 is 42.2 Å². The zero-order chi connectivity index (χ0) is 28.0. The van der Waals surface area contributed by atoms with Gasteiger partial charge in [0.2, 0.25) is 5.44 Å². The number of nitrogens with one attached hydrogen (secondary N) is 1. The molecule has 0 heterocycles. The third kappa shape index (κ3) is 6.89. The van der Waals surface area contributed by atoms with Crippen molar-refractivity contribution in [3.63, 3.8) is 0 Å². The van der Waals surface area contributed by atoms with Crippen LogP contribution in [0.5, 0.6) is 0 Å². The molecule has 0 aromatic heterocycles. The molecule has 5 aromatic carbocycles. The molecule has 0 saturated carbocycles. The van der Waals surface area contributed by atoms with Crippen molar-refractivity contribution < 1.29 is 17.2 Å². The SMILES string of the molecule is Cc1ccc(S/C(Cl)=C(\NC(=O)c2ccc(Cl)cc2)[P+](c2ccccc2)(c2ccccc2)c2ccccc2)cc1.[Cl-]. The first-order chi connectivity index (χ1) is 19.5. The molecule has 0 aliphatic carbocycles. The minimum Gasteiger partial charge on any atom is -1.00 e. The van der Waals surface area contributed by atoms with Crippen LogP contribution in [0.2, 0.25) is 5.02 Å². The van der Waals surface area contributed by atoms with Gasteiger partial charge in [-0.25, -0.2) is 0 Å². The predicted molar refractivity (Wildman–Crippen MR) is 174 cm³/mol. The lowest BCUT2D eigenvalue weighted by molar-refractivity contribution is -0.0000158. The summed E-state index contributed by atoms with van der Waals surface area (Å²) in [5.41, 5.74) is 2.35. The fraction of sp³-hybridized carbons (Fsp3) is 0.0294. The molecule has 5 rings (SSSR count). The number of carbonyl (C=O) groups excluding carboxylic acids is 1. The topological polar surface area (TPSA) is 29.1 Å². The van der Waals surface area contributed by atoms with Crippen LogP contribution in [0.25, 0.3) is 0 Å². The van der Waals surface area contributed by atoms with Crippen LogP contribution in [-0.4, -0.2) is 5.91 Å².